The van der Waals surface area contributed by atoms with Crippen LogP contribution in [0.25, 0.3) is 0 Å². The van der Waals surface area contributed by atoms with Gasteiger partial charge in [0.15, 0.2) is 0 Å². The smallest absolute Gasteiger partial charge is 0.223 e. The fourth-order valence-corrected chi connectivity index (χ4v) is 4.80. The fraction of sp³-hybridized carbons (Fsp3) is 0.435. The second-order valence-corrected chi connectivity index (χ2v) is 7.85. The number of carbonyl (C=O) groups is 1. The molecule has 4 unspecified atom stereocenters. The molecule has 7 nitrogen and oxygen atoms in total. The van der Waals surface area contributed by atoms with Gasteiger partial charge in [-0.15, -0.1) is 0 Å². The Balaban J connectivity index is 1.69. The molecule has 1 aliphatic heterocycles. The summed E-state index contributed by atoms with van der Waals surface area (Å²) >= 11 is 0. The first-order valence-corrected chi connectivity index (χ1v) is 10.3. The molecule has 7 heteroatoms. The van der Waals surface area contributed by atoms with E-state index >= 15 is 0 Å². The maximum absolute atomic E-state index is 12.3. The number of hydrogen-bond donors (Lipinski definition) is 3. The van der Waals surface area contributed by atoms with Gasteiger partial charge in [0.25, 0.3) is 0 Å². The van der Waals surface area contributed by atoms with E-state index in [1.165, 1.54) is 0 Å². The number of aliphatic hydroxyl groups is 1. The monoisotopic (exact) mass is 412 g/mol. The summed E-state index contributed by atoms with van der Waals surface area (Å²) < 4.78 is 17.8. The Hall–Kier alpha value is -2.77. The van der Waals surface area contributed by atoms with E-state index in [-0.39, 0.29) is 5.92 Å². The molecule has 5 N–H and O–H groups in total. The Labute approximate surface area is 175 Å². The Bertz CT molecular complexity index is 904. The quantitative estimate of drug-likeness (QED) is 0.570. The molecular weight excluding hydrogens is 384 g/mol. The van der Waals surface area contributed by atoms with Crippen LogP contribution < -0.4 is 25.7 Å². The summed E-state index contributed by atoms with van der Waals surface area (Å²) in [5.41, 5.74) is 12.9. The van der Waals surface area contributed by atoms with Gasteiger partial charge in [-0.2, -0.15) is 0 Å². The highest BCUT2D eigenvalue weighted by atomic mass is 16.5. The molecule has 1 aliphatic carbocycles. The minimum absolute atomic E-state index is 0.352. The third-order valence-electron chi connectivity index (χ3n) is 6.10. The highest BCUT2D eigenvalue weighted by Crippen LogP contribution is 2.58. The Morgan fingerprint density at radius 1 is 1.17 bits per heavy atom. The molecule has 1 amide bonds. The molecule has 0 saturated heterocycles. The molecule has 0 aromatic heterocycles. The molecule has 2 aromatic rings. The lowest BCUT2D eigenvalue weighted by molar-refractivity contribution is -0.125. The number of carbonyl (C=O) groups excluding carboxylic acids is 1. The number of amides is 1. The highest BCUT2D eigenvalue weighted by Gasteiger charge is 2.59. The zero-order chi connectivity index (χ0) is 21.3. The third kappa shape index (κ3) is 3.48. The van der Waals surface area contributed by atoms with Gasteiger partial charge in [-0.05, 0) is 24.9 Å². The maximum atomic E-state index is 12.3. The number of rotatable bonds is 8. The summed E-state index contributed by atoms with van der Waals surface area (Å²) in [6.45, 7) is 1.17. The van der Waals surface area contributed by atoms with Crippen LogP contribution in [0.4, 0.5) is 0 Å². The van der Waals surface area contributed by atoms with Crippen molar-refractivity contribution in [3.63, 3.8) is 0 Å². The van der Waals surface area contributed by atoms with E-state index in [4.69, 9.17) is 25.7 Å². The molecule has 2 aromatic carbocycles. The van der Waals surface area contributed by atoms with Crippen molar-refractivity contribution in [1.82, 2.24) is 0 Å². The van der Waals surface area contributed by atoms with Gasteiger partial charge in [-0.1, -0.05) is 30.3 Å². The number of hydrogen-bond acceptors (Lipinski definition) is 6. The largest absolute Gasteiger partial charge is 0.496 e. The van der Waals surface area contributed by atoms with Crippen LogP contribution in [0.2, 0.25) is 0 Å². The van der Waals surface area contributed by atoms with Gasteiger partial charge in [0.1, 0.15) is 23.4 Å². The van der Waals surface area contributed by atoms with Crippen LogP contribution in [-0.2, 0) is 4.79 Å². The molecular formula is C23H28N2O5. The van der Waals surface area contributed by atoms with E-state index < -0.39 is 30.0 Å². The molecule has 0 radical (unpaired) electrons. The van der Waals surface area contributed by atoms with Crippen LogP contribution in [0.15, 0.2) is 42.5 Å². The van der Waals surface area contributed by atoms with Crippen molar-refractivity contribution in [3.8, 4) is 17.2 Å². The number of fused-ring (bicyclic) bond motifs is 3. The number of methoxy groups -OCH3 is 1. The van der Waals surface area contributed by atoms with Crippen LogP contribution in [0, 0.1) is 5.92 Å². The molecule has 30 heavy (non-hydrogen) atoms. The van der Waals surface area contributed by atoms with Crippen molar-refractivity contribution in [3.05, 3.63) is 53.6 Å². The summed E-state index contributed by atoms with van der Waals surface area (Å²) in [4.78, 5) is 12.3. The van der Waals surface area contributed by atoms with Gasteiger partial charge >= 0.3 is 0 Å². The number of unbranched alkanes of at least 4 members (excludes halogenated alkanes) is 1. The zero-order valence-corrected chi connectivity index (χ0v) is 17.0. The predicted octanol–water partition coefficient (Wildman–Crippen LogP) is 1.92. The Kier molecular flexibility index (Phi) is 5.83. The number of nitrogens with two attached hydrogens (primary N) is 2. The lowest BCUT2D eigenvalue weighted by Crippen LogP contribution is -2.35. The summed E-state index contributed by atoms with van der Waals surface area (Å²) in [5, 5.41) is 11.1. The van der Waals surface area contributed by atoms with E-state index in [9.17, 15) is 9.90 Å². The summed E-state index contributed by atoms with van der Waals surface area (Å²) in [6, 6.07) is 13.2. The standard InChI is InChI=1S/C23H28N2O5/c1-28-15-11-14(29-10-6-5-9-24)12-16-18(15)19-21(26)20(23(25)27)17(22(19)30-16)13-7-3-2-4-8-13/h2-4,7-8,11-12,17,19-22,26H,5-6,9-10,24H2,1H3,(H2,25,27)/t17-,19?,20?,21?,22?/m1/s1. The average Bonchev–Trinajstić information content (AvgIpc) is 3.26. The summed E-state index contributed by atoms with van der Waals surface area (Å²) in [7, 11) is 1.57. The van der Waals surface area contributed by atoms with Gasteiger partial charge < -0.3 is 30.8 Å². The van der Waals surface area contributed by atoms with Gasteiger partial charge in [0.2, 0.25) is 5.91 Å². The molecule has 1 fully saturated rings. The maximum Gasteiger partial charge on any atom is 0.223 e. The van der Waals surface area contributed by atoms with E-state index in [1.54, 1.807) is 13.2 Å². The first-order chi connectivity index (χ1) is 14.6. The first kappa shape index (κ1) is 20.5. The van der Waals surface area contributed by atoms with Crippen LogP contribution >= 0.6 is 0 Å². The van der Waals surface area contributed by atoms with Gasteiger partial charge in [-0.3, -0.25) is 4.79 Å². The van der Waals surface area contributed by atoms with Crippen molar-refractivity contribution in [1.29, 1.82) is 0 Å². The molecule has 1 heterocycles. The van der Waals surface area contributed by atoms with Gasteiger partial charge in [0, 0.05) is 23.6 Å². The number of aliphatic hydroxyl groups excluding tert-OH is 1. The molecule has 160 valence electrons. The Morgan fingerprint density at radius 2 is 1.93 bits per heavy atom. The molecule has 1 saturated carbocycles. The van der Waals surface area contributed by atoms with Crippen molar-refractivity contribution in [2.45, 2.75) is 36.9 Å². The number of ether oxygens (including phenoxy) is 3. The average molecular weight is 412 g/mol. The minimum atomic E-state index is -0.968. The highest BCUT2D eigenvalue weighted by molar-refractivity contribution is 5.80. The van der Waals surface area contributed by atoms with Crippen molar-refractivity contribution in [2.75, 3.05) is 20.3 Å². The normalized spacial score (nSPS) is 26.6. The molecule has 0 bridgehead atoms. The van der Waals surface area contributed by atoms with E-state index in [0.717, 1.165) is 24.0 Å². The molecule has 0 spiro atoms. The van der Waals surface area contributed by atoms with E-state index in [2.05, 4.69) is 0 Å². The SMILES string of the molecule is COc1cc(OCCCCN)cc2c1C1C(O)C(C(N)=O)[C@@H](c3ccccc3)C1O2. The predicted molar refractivity (Wildman–Crippen MR) is 112 cm³/mol. The minimum Gasteiger partial charge on any atom is -0.496 e. The summed E-state index contributed by atoms with van der Waals surface area (Å²) in [5.74, 6) is -0.216. The lowest BCUT2D eigenvalue weighted by atomic mass is 9.86. The second-order valence-electron chi connectivity index (χ2n) is 7.85. The fourth-order valence-electron chi connectivity index (χ4n) is 4.80. The number of primary amides is 1. The van der Waals surface area contributed by atoms with E-state index in [1.807, 2.05) is 36.4 Å². The van der Waals surface area contributed by atoms with Crippen molar-refractivity contribution >= 4 is 5.91 Å². The zero-order valence-electron chi connectivity index (χ0n) is 17.0. The van der Waals surface area contributed by atoms with Crippen LogP contribution in [-0.4, -0.2) is 43.5 Å². The summed E-state index contributed by atoms with van der Waals surface area (Å²) in [6.07, 6.45) is 0.361. The Morgan fingerprint density at radius 3 is 2.60 bits per heavy atom. The van der Waals surface area contributed by atoms with Crippen LogP contribution in [0.5, 0.6) is 17.2 Å². The molecule has 5 atom stereocenters. The van der Waals surface area contributed by atoms with Crippen LogP contribution in [0.3, 0.4) is 0 Å². The lowest BCUT2D eigenvalue weighted by Gasteiger charge is -2.23. The molecule has 2 aliphatic rings. The topological polar surface area (TPSA) is 117 Å². The van der Waals surface area contributed by atoms with E-state index in [0.29, 0.717) is 30.4 Å². The molecule has 4 rings (SSSR count). The van der Waals surface area contributed by atoms with Gasteiger partial charge in [0.05, 0.1) is 31.7 Å². The van der Waals surface area contributed by atoms with Crippen molar-refractivity contribution < 1.29 is 24.1 Å². The third-order valence-corrected chi connectivity index (χ3v) is 6.10. The van der Waals surface area contributed by atoms with Gasteiger partial charge in [-0.25, -0.2) is 0 Å². The second kappa shape index (κ2) is 8.53. The number of benzene rings is 2. The van der Waals surface area contributed by atoms with Crippen molar-refractivity contribution in [2.24, 2.45) is 17.4 Å². The van der Waals surface area contributed by atoms with Crippen LogP contribution in [0.1, 0.15) is 35.8 Å². The first-order valence-electron chi connectivity index (χ1n) is 10.3.